The maximum atomic E-state index is 14.4. The summed E-state index contributed by atoms with van der Waals surface area (Å²) in [7, 11) is 0. The number of ketones is 2. The first-order valence-corrected chi connectivity index (χ1v) is 18.3. The van der Waals surface area contributed by atoms with Crippen LogP contribution < -0.4 is 4.73 Å². The molecule has 0 aliphatic carbocycles. The Kier molecular flexibility index (Phi) is 12.8. The Morgan fingerprint density at radius 2 is 0.905 bits per heavy atom. The molecule has 4 aromatic carbocycles. The number of rotatable bonds is 8. The van der Waals surface area contributed by atoms with Gasteiger partial charge in [-0.2, -0.15) is 57.4 Å². The highest BCUT2D eigenvalue weighted by Gasteiger charge is 2.74. The predicted molar refractivity (Wildman–Crippen MR) is 202 cm³/mol. The Morgan fingerprint density at radius 3 is 1.32 bits per heavy atom. The van der Waals surface area contributed by atoms with Crippen molar-refractivity contribution < 1.29 is 75.8 Å². The number of carbonyl (C=O) groups is 2. The van der Waals surface area contributed by atoms with E-state index < -0.39 is 53.0 Å². The van der Waals surface area contributed by atoms with Crippen LogP contribution in [0.25, 0.3) is 21.8 Å². The summed E-state index contributed by atoms with van der Waals surface area (Å²) in [5.41, 5.74) is -12.5. The van der Waals surface area contributed by atoms with Crippen molar-refractivity contribution in [1.82, 2.24) is 4.98 Å². The van der Waals surface area contributed by atoms with Gasteiger partial charge in [0.2, 0.25) is 5.52 Å². The van der Waals surface area contributed by atoms with Crippen molar-refractivity contribution in [2.45, 2.75) is 76.6 Å². The molecule has 0 saturated heterocycles. The van der Waals surface area contributed by atoms with Crippen LogP contribution in [0.5, 0.6) is 0 Å². The van der Waals surface area contributed by atoms with Gasteiger partial charge in [-0.25, -0.2) is 8.78 Å². The van der Waals surface area contributed by atoms with Crippen LogP contribution in [0.15, 0.2) is 97.3 Å². The summed E-state index contributed by atoms with van der Waals surface area (Å²) in [6, 6.07) is 17.5. The topological polar surface area (TPSA) is 74.0 Å². The molecular weight excluding hydrogens is 870 g/mol. The molecule has 0 bridgehead atoms. The minimum Gasteiger partial charge on any atom is -0.618 e. The number of carbonyl (C=O) groups excluding carboxylic acids is 2. The number of pyridine rings is 2. The van der Waals surface area contributed by atoms with E-state index in [0.29, 0.717) is 56.4 Å². The maximum absolute atomic E-state index is 14.4. The second-order valence-corrected chi connectivity index (χ2v) is 14.7. The number of hydrogen-bond acceptors (Lipinski definition) is 4. The highest BCUT2D eigenvalue weighted by molar-refractivity contribution is 6.01. The van der Waals surface area contributed by atoms with E-state index >= 15 is 0 Å². The molecule has 0 amide bonds. The standard InChI is InChI=1S/C22H16F7NO2.C22H16F7NO/c1-12-8-16(20(23,21(24,25)26)22(27,28)29)9-13(2)17(12)11-19(31)15-5-6-18-14(10-15)4-3-7-30(18)32;1-12-8-16(20(23,21(24,25)26)22(27,28)29)9-13(2)17(12)11-19(31)15-5-6-18-14(10-15)4-3-7-30-18/h3-10H,11H2,1-2H3;3-10H,11H2,1-2H3. The molecule has 0 aliphatic rings. The summed E-state index contributed by atoms with van der Waals surface area (Å²) in [5, 5.41) is 12.9. The van der Waals surface area contributed by atoms with E-state index in [1.54, 1.807) is 36.5 Å². The summed E-state index contributed by atoms with van der Waals surface area (Å²) >= 11 is 0. The molecule has 0 N–H and O–H groups in total. The second-order valence-electron chi connectivity index (χ2n) is 14.7. The monoisotopic (exact) mass is 902 g/mol. The lowest BCUT2D eigenvalue weighted by Crippen LogP contribution is -2.50. The van der Waals surface area contributed by atoms with Crippen molar-refractivity contribution in [3.63, 3.8) is 0 Å². The Bertz CT molecular complexity index is 2650. The highest BCUT2D eigenvalue weighted by atomic mass is 19.4. The van der Waals surface area contributed by atoms with Gasteiger partial charge in [0.05, 0.1) is 5.52 Å². The zero-order chi connectivity index (χ0) is 47.2. The predicted octanol–water partition coefficient (Wildman–Crippen LogP) is 12.4. The van der Waals surface area contributed by atoms with Gasteiger partial charge in [-0.1, -0.05) is 30.3 Å². The average Bonchev–Trinajstić information content (AvgIpc) is 3.17. The fraction of sp³-hybridized carbons (Fsp3) is 0.273. The van der Waals surface area contributed by atoms with Crippen molar-refractivity contribution in [3.05, 3.63) is 158 Å². The third-order valence-electron chi connectivity index (χ3n) is 10.4. The Hall–Kier alpha value is -6.14. The van der Waals surface area contributed by atoms with Crippen molar-refractivity contribution in [2.24, 2.45) is 0 Å². The normalized spacial score (nSPS) is 12.9. The third-order valence-corrected chi connectivity index (χ3v) is 10.4. The average molecular weight is 903 g/mol. The quantitative estimate of drug-likeness (QED) is 0.0660. The van der Waals surface area contributed by atoms with E-state index in [1.807, 2.05) is 0 Å². The molecule has 6 rings (SSSR count). The smallest absolute Gasteiger partial charge is 0.435 e. The van der Waals surface area contributed by atoms with Gasteiger partial charge >= 0.3 is 36.0 Å². The van der Waals surface area contributed by atoms with E-state index in [4.69, 9.17) is 0 Å². The number of nitrogens with zero attached hydrogens (tertiary/aromatic N) is 2. The molecule has 0 atom stereocenters. The van der Waals surface area contributed by atoms with Crippen LogP contribution in [0, 0.1) is 32.9 Å². The van der Waals surface area contributed by atoms with Gasteiger partial charge in [0.15, 0.2) is 17.8 Å². The number of aryl methyl sites for hydroxylation is 4. The van der Waals surface area contributed by atoms with Crippen LogP contribution in [0.2, 0.25) is 0 Å². The first kappa shape index (κ1) is 47.9. The Labute approximate surface area is 348 Å². The number of aromatic nitrogens is 2. The van der Waals surface area contributed by atoms with Crippen LogP contribution in [-0.4, -0.2) is 41.3 Å². The minimum atomic E-state index is -6.22. The van der Waals surface area contributed by atoms with Crippen LogP contribution in [0.1, 0.15) is 65.2 Å². The van der Waals surface area contributed by atoms with Crippen molar-refractivity contribution in [1.29, 1.82) is 0 Å². The number of benzene rings is 4. The fourth-order valence-corrected chi connectivity index (χ4v) is 7.06. The summed E-state index contributed by atoms with van der Waals surface area (Å²) in [5.74, 6) is -0.854. The minimum absolute atomic E-state index is 0.0404. The van der Waals surface area contributed by atoms with Crippen molar-refractivity contribution >= 4 is 33.4 Å². The second kappa shape index (κ2) is 16.9. The van der Waals surface area contributed by atoms with Gasteiger partial charge in [-0.05, 0) is 104 Å². The van der Waals surface area contributed by atoms with Gasteiger partial charge in [0, 0.05) is 64.2 Å². The van der Waals surface area contributed by atoms with Gasteiger partial charge < -0.3 is 5.21 Å². The third kappa shape index (κ3) is 9.18. The van der Waals surface area contributed by atoms with Gasteiger partial charge in [0.25, 0.3) is 0 Å². The highest BCUT2D eigenvalue weighted by Crippen LogP contribution is 2.55. The summed E-state index contributed by atoms with van der Waals surface area (Å²) in [6.07, 6.45) is -22.5. The number of fused-ring (bicyclic) bond motifs is 2. The zero-order valence-electron chi connectivity index (χ0n) is 33.1. The number of hydrogen-bond donors (Lipinski definition) is 0. The van der Waals surface area contributed by atoms with E-state index in [-0.39, 0.29) is 57.6 Å². The number of alkyl halides is 14. The largest absolute Gasteiger partial charge is 0.618 e. The zero-order valence-corrected chi connectivity index (χ0v) is 33.1. The molecule has 63 heavy (non-hydrogen) atoms. The van der Waals surface area contributed by atoms with Crippen molar-refractivity contribution in [3.8, 4) is 0 Å². The molecule has 0 saturated carbocycles. The van der Waals surface area contributed by atoms with Gasteiger partial charge in [-0.3, -0.25) is 14.6 Å². The molecule has 2 heterocycles. The van der Waals surface area contributed by atoms with E-state index in [2.05, 4.69) is 4.98 Å². The van der Waals surface area contributed by atoms with Crippen molar-refractivity contribution in [2.75, 3.05) is 0 Å². The lowest BCUT2D eigenvalue weighted by Gasteiger charge is -2.31. The molecule has 0 fully saturated rings. The molecule has 5 nitrogen and oxygen atoms in total. The SMILES string of the molecule is Cc1cc(C(F)(C(F)(F)F)C(F)(F)F)cc(C)c1CC(=O)c1ccc2c(ccc[n+]2[O-])c1.Cc1cc(C(F)(C(F)(F)F)C(F)(F)F)cc(C)c1CC(=O)c1ccc2ncccc2c1. The molecule has 6 aromatic rings. The lowest BCUT2D eigenvalue weighted by atomic mass is 9.87. The maximum Gasteiger partial charge on any atom is 0.435 e. The number of Topliss-reactive ketones (excluding diaryl/α,β-unsaturated/α-hetero) is 2. The first-order valence-electron chi connectivity index (χ1n) is 18.3. The van der Waals surface area contributed by atoms with Crippen LogP contribution in [-0.2, 0) is 24.2 Å². The van der Waals surface area contributed by atoms with Crippen LogP contribution >= 0.6 is 0 Å². The molecule has 0 unspecified atom stereocenters. The molecule has 0 spiro atoms. The first-order chi connectivity index (χ1) is 28.9. The lowest BCUT2D eigenvalue weighted by molar-refractivity contribution is -0.577. The van der Waals surface area contributed by atoms with Crippen LogP contribution in [0.4, 0.5) is 61.5 Å². The molecule has 19 heteroatoms. The molecular formula is C44H32F14N2O3. The van der Waals surface area contributed by atoms with Gasteiger partial charge in [-0.15, -0.1) is 0 Å². The number of halogens is 14. The molecule has 0 radical (unpaired) electrons. The summed E-state index contributed by atoms with van der Waals surface area (Å²) < 4.78 is 186. The molecule has 2 aromatic heterocycles. The van der Waals surface area contributed by atoms with Crippen LogP contribution in [0.3, 0.4) is 0 Å². The Balaban J connectivity index is 0.000000238. The molecule has 334 valence electrons. The summed E-state index contributed by atoms with van der Waals surface area (Å²) in [4.78, 5) is 29.6. The molecule has 0 aliphatic heterocycles. The van der Waals surface area contributed by atoms with E-state index in [9.17, 15) is 76.3 Å². The van der Waals surface area contributed by atoms with E-state index in [1.165, 1.54) is 64.2 Å². The van der Waals surface area contributed by atoms with E-state index in [0.717, 1.165) is 0 Å². The summed E-state index contributed by atoms with van der Waals surface area (Å²) in [6.45, 7) is 4.92. The Morgan fingerprint density at radius 1 is 0.524 bits per heavy atom. The van der Waals surface area contributed by atoms with Gasteiger partial charge in [0.1, 0.15) is 0 Å². The fourth-order valence-electron chi connectivity index (χ4n) is 7.06.